The molecule has 2 rings (SSSR count). The number of rotatable bonds is 5. The Hall–Kier alpha value is -1.46. The van der Waals surface area contributed by atoms with E-state index in [4.69, 9.17) is 4.74 Å². The number of benzene rings is 1. The maximum Gasteiger partial charge on any atom is 0.327 e. The summed E-state index contributed by atoms with van der Waals surface area (Å²) >= 11 is 3.52. The second-order valence-corrected chi connectivity index (χ2v) is 5.82. The van der Waals surface area contributed by atoms with Gasteiger partial charge in [-0.05, 0) is 25.5 Å². The van der Waals surface area contributed by atoms with E-state index in [2.05, 4.69) is 33.2 Å². The van der Waals surface area contributed by atoms with E-state index in [0.29, 0.717) is 0 Å². The molecule has 21 heavy (non-hydrogen) atoms. The van der Waals surface area contributed by atoms with Gasteiger partial charge in [0.25, 0.3) is 0 Å². The van der Waals surface area contributed by atoms with Crippen LogP contribution in [0, 0.1) is 0 Å². The van der Waals surface area contributed by atoms with Crippen LogP contribution in [0.4, 0.5) is 0 Å². The largest absolute Gasteiger partial charge is 0.468 e. The minimum Gasteiger partial charge on any atom is -0.468 e. The molecule has 1 N–H and O–H groups in total. The lowest BCUT2D eigenvalue weighted by atomic mass is 10.0. The van der Waals surface area contributed by atoms with E-state index in [1.807, 2.05) is 31.2 Å². The Morgan fingerprint density at radius 3 is 2.86 bits per heavy atom. The van der Waals surface area contributed by atoms with E-state index in [9.17, 15) is 4.79 Å². The quantitative estimate of drug-likeness (QED) is 0.837. The molecule has 0 radical (unpaired) electrons. The third-order valence-corrected chi connectivity index (χ3v) is 4.25. The van der Waals surface area contributed by atoms with Crippen LogP contribution in [-0.4, -0.2) is 24.1 Å². The molecular formula is C16H19BrN2O2. The van der Waals surface area contributed by atoms with Crippen molar-refractivity contribution < 1.29 is 9.53 Å². The van der Waals surface area contributed by atoms with Crippen LogP contribution in [0.5, 0.6) is 0 Å². The molecule has 0 aliphatic carbocycles. The number of halogens is 1. The highest BCUT2D eigenvalue weighted by Gasteiger charge is 2.25. The molecular weight excluding hydrogens is 332 g/mol. The first-order valence-corrected chi connectivity index (χ1v) is 7.74. The van der Waals surface area contributed by atoms with Crippen LogP contribution in [0.15, 0.2) is 34.9 Å². The second kappa shape index (κ2) is 7.00. The molecule has 4 nitrogen and oxygen atoms in total. The molecule has 0 aliphatic rings. The third kappa shape index (κ3) is 3.41. The molecule has 5 heteroatoms. The monoisotopic (exact) mass is 350 g/mol. The number of hydrogen-bond donors (Lipinski definition) is 1. The summed E-state index contributed by atoms with van der Waals surface area (Å²) in [5.41, 5.74) is 1.64. The maximum atomic E-state index is 12.2. The summed E-state index contributed by atoms with van der Waals surface area (Å²) < 4.78 is 5.91. The molecule has 0 aliphatic heterocycles. The number of esters is 1. The Morgan fingerprint density at radius 1 is 1.43 bits per heavy atom. The van der Waals surface area contributed by atoms with Gasteiger partial charge in [0.1, 0.15) is 6.04 Å². The van der Waals surface area contributed by atoms with Crippen LogP contribution in [0.25, 0.3) is 10.9 Å². The van der Waals surface area contributed by atoms with Crippen LogP contribution in [-0.2, 0) is 9.53 Å². The summed E-state index contributed by atoms with van der Waals surface area (Å²) in [6.07, 6.45) is 2.66. The van der Waals surface area contributed by atoms with Crippen molar-refractivity contribution in [2.45, 2.75) is 32.4 Å². The molecule has 2 atom stereocenters. The Balaban J connectivity index is 2.54. The zero-order valence-electron chi connectivity index (χ0n) is 12.4. The van der Waals surface area contributed by atoms with Crippen LogP contribution < -0.4 is 5.32 Å². The number of ether oxygens (including phenoxy) is 1. The topological polar surface area (TPSA) is 51.2 Å². The van der Waals surface area contributed by atoms with Gasteiger partial charge >= 0.3 is 5.97 Å². The van der Waals surface area contributed by atoms with Crippen LogP contribution in [0.1, 0.15) is 31.9 Å². The molecule has 1 aromatic carbocycles. The second-order valence-electron chi connectivity index (χ2n) is 4.97. The molecule has 0 saturated heterocycles. The first-order chi connectivity index (χ1) is 10.1. The molecule has 112 valence electrons. The van der Waals surface area contributed by atoms with E-state index >= 15 is 0 Å². The Bertz CT molecular complexity index is 645. The van der Waals surface area contributed by atoms with Gasteiger partial charge in [-0.25, -0.2) is 4.79 Å². The number of carbonyl (C=O) groups is 1. The van der Waals surface area contributed by atoms with E-state index in [-0.39, 0.29) is 12.0 Å². The summed E-state index contributed by atoms with van der Waals surface area (Å²) in [4.78, 5) is 16.6. The minimum atomic E-state index is -0.518. The van der Waals surface area contributed by atoms with Gasteiger partial charge in [-0.2, -0.15) is 0 Å². The lowest BCUT2D eigenvalue weighted by Crippen LogP contribution is -2.35. The van der Waals surface area contributed by atoms with E-state index < -0.39 is 6.04 Å². The van der Waals surface area contributed by atoms with Gasteiger partial charge in [-0.1, -0.05) is 35.0 Å². The van der Waals surface area contributed by atoms with Crippen molar-refractivity contribution in [2.24, 2.45) is 0 Å². The minimum absolute atomic E-state index is 0.205. The van der Waals surface area contributed by atoms with Crippen molar-refractivity contribution in [1.82, 2.24) is 10.3 Å². The van der Waals surface area contributed by atoms with Gasteiger partial charge in [0.2, 0.25) is 0 Å². The van der Waals surface area contributed by atoms with Gasteiger partial charge < -0.3 is 4.74 Å². The number of methoxy groups -OCH3 is 1. The first kappa shape index (κ1) is 15.9. The lowest BCUT2D eigenvalue weighted by Gasteiger charge is -2.22. The zero-order valence-corrected chi connectivity index (χ0v) is 14.0. The molecule has 2 unspecified atom stereocenters. The van der Waals surface area contributed by atoms with E-state index in [0.717, 1.165) is 27.4 Å². The standard InChI is InChI=1S/C16H19BrN2O2/c1-4-10(2)19-15(16(20)21-3)12-7-8-13(17)11-6-5-9-18-14(11)12/h5-10,15,19H,4H2,1-3H3. The number of fused-ring (bicyclic) bond motifs is 1. The molecule has 2 aromatic rings. The highest BCUT2D eigenvalue weighted by atomic mass is 79.9. The van der Waals surface area contributed by atoms with Crippen molar-refractivity contribution in [1.29, 1.82) is 0 Å². The van der Waals surface area contributed by atoms with Gasteiger partial charge in [-0.15, -0.1) is 0 Å². The van der Waals surface area contributed by atoms with Crippen molar-refractivity contribution in [2.75, 3.05) is 7.11 Å². The van der Waals surface area contributed by atoms with E-state index in [1.54, 1.807) is 6.20 Å². The summed E-state index contributed by atoms with van der Waals surface area (Å²) in [5.74, 6) is -0.301. The molecule has 0 bridgehead atoms. The highest BCUT2D eigenvalue weighted by molar-refractivity contribution is 9.10. The van der Waals surface area contributed by atoms with Gasteiger partial charge in [0.05, 0.1) is 12.6 Å². The van der Waals surface area contributed by atoms with Crippen LogP contribution in [0.2, 0.25) is 0 Å². The number of carbonyl (C=O) groups excluding carboxylic acids is 1. The summed E-state index contributed by atoms with van der Waals surface area (Å²) in [5, 5.41) is 4.30. The maximum absolute atomic E-state index is 12.2. The molecule has 0 fully saturated rings. The zero-order chi connectivity index (χ0) is 15.4. The fraction of sp³-hybridized carbons (Fsp3) is 0.375. The van der Waals surface area contributed by atoms with Gasteiger partial charge in [0, 0.05) is 27.7 Å². The van der Waals surface area contributed by atoms with Crippen molar-refractivity contribution >= 4 is 32.8 Å². The molecule has 1 heterocycles. The average Bonchev–Trinajstić information content (AvgIpc) is 2.52. The molecule has 0 saturated carbocycles. The van der Waals surface area contributed by atoms with Crippen molar-refractivity contribution in [3.8, 4) is 0 Å². The highest BCUT2D eigenvalue weighted by Crippen LogP contribution is 2.29. The Kier molecular flexibility index (Phi) is 5.31. The average molecular weight is 351 g/mol. The Morgan fingerprint density at radius 2 is 2.19 bits per heavy atom. The number of aromatic nitrogens is 1. The smallest absolute Gasteiger partial charge is 0.327 e. The number of nitrogens with one attached hydrogen (secondary N) is 1. The van der Waals surface area contributed by atoms with E-state index in [1.165, 1.54) is 7.11 Å². The summed E-state index contributed by atoms with van der Waals surface area (Å²) in [6, 6.07) is 7.40. The normalized spacial score (nSPS) is 13.9. The molecule has 0 spiro atoms. The fourth-order valence-electron chi connectivity index (χ4n) is 2.20. The Labute approximate surface area is 133 Å². The summed E-state index contributed by atoms with van der Waals surface area (Å²) in [6.45, 7) is 4.12. The van der Waals surface area contributed by atoms with Gasteiger partial charge in [-0.3, -0.25) is 10.3 Å². The van der Waals surface area contributed by atoms with Crippen molar-refractivity contribution in [3.05, 3.63) is 40.5 Å². The first-order valence-electron chi connectivity index (χ1n) is 6.95. The summed E-state index contributed by atoms with van der Waals surface area (Å²) in [7, 11) is 1.40. The van der Waals surface area contributed by atoms with Crippen LogP contribution in [0.3, 0.4) is 0 Å². The predicted molar refractivity (Wildman–Crippen MR) is 87.1 cm³/mol. The van der Waals surface area contributed by atoms with Crippen LogP contribution >= 0.6 is 15.9 Å². The molecule has 0 amide bonds. The number of pyridine rings is 1. The fourth-order valence-corrected chi connectivity index (χ4v) is 2.65. The number of nitrogens with zero attached hydrogens (tertiary/aromatic N) is 1. The SMILES string of the molecule is CCC(C)NC(C(=O)OC)c1ccc(Br)c2cccnc12. The third-order valence-electron chi connectivity index (χ3n) is 3.56. The predicted octanol–water partition coefficient (Wildman–Crippen LogP) is 3.60. The lowest BCUT2D eigenvalue weighted by molar-refractivity contribution is -0.143. The molecule has 1 aromatic heterocycles. The number of hydrogen-bond acceptors (Lipinski definition) is 4. The van der Waals surface area contributed by atoms with Crippen molar-refractivity contribution in [3.63, 3.8) is 0 Å². The van der Waals surface area contributed by atoms with Gasteiger partial charge in [0.15, 0.2) is 0 Å².